The third kappa shape index (κ3) is 5.36. The molecule has 0 unspecified atom stereocenters. The summed E-state index contributed by atoms with van der Waals surface area (Å²) in [7, 11) is 0. The standard InChI is InChI=1S/C26H27FN2O2/c27-23-9-7-21(8-10-23)22-5-3-4-20(18-22)19-26(12-16-31-17-13-26)25(30)29-15-11-24-6-1-2-14-28-24/h1-10,14,18H,11-13,15-17,19H2,(H,29,30). The summed E-state index contributed by atoms with van der Waals surface area (Å²) in [5.74, 6) is -0.164. The zero-order chi connectivity index (χ0) is 21.5. The number of carbonyl (C=O) groups is 1. The van der Waals surface area contributed by atoms with Crippen molar-refractivity contribution >= 4 is 5.91 Å². The van der Waals surface area contributed by atoms with Crippen molar-refractivity contribution in [1.82, 2.24) is 10.3 Å². The van der Waals surface area contributed by atoms with E-state index in [4.69, 9.17) is 4.74 Å². The molecule has 3 aromatic rings. The Bertz CT molecular complexity index is 999. The van der Waals surface area contributed by atoms with Gasteiger partial charge in [0.15, 0.2) is 0 Å². The zero-order valence-electron chi connectivity index (χ0n) is 17.5. The van der Waals surface area contributed by atoms with Gasteiger partial charge in [0, 0.05) is 38.1 Å². The SMILES string of the molecule is O=C(NCCc1ccccn1)C1(Cc2cccc(-c3ccc(F)cc3)c2)CCOCC1. The van der Waals surface area contributed by atoms with Crippen LogP contribution in [0.1, 0.15) is 24.1 Å². The molecular weight excluding hydrogens is 391 g/mol. The molecule has 0 saturated carbocycles. The highest BCUT2D eigenvalue weighted by Crippen LogP contribution is 2.35. The number of aromatic nitrogens is 1. The van der Waals surface area contributed by atoms with Gasteiger partial charge in [0.1, 0.15) is 5.82 Å². The smallest absolute Gasteiger partial charge is 0.226 e. The minimum absolute atomic E-state index is 0.0823. The van der Waals surface area contributed by atoms with Crippen LogP contribution in [0.5, 0.6) is 0 Å². The Balaban J connectivity index is 1.48. The maximum absolute atomic E-state index is 13.3. The van der Waals surface area contributed by atoms with Gasteiger partial charge in [-0.3, -0.25) is 9.78 Å². The summed E-state index contributed by atoms with van der Waals surface area (Å²) in [6, 6.07) is 20.5. The fourth-order valence-corrected chi connectivity index (χ4v) is 4.18. The van der Waals surface area contributed by atoms with Crippen LogP contribution in [0.15, 0.2) is 72.9 Å². The Morgan fingerprint density at radius 1 is 1.00 bits per heavy atom. The van der Waals surface area contributed by atoms with Crippen molar-refractivity contribution in [3.63, 3.8) is 0 Å². The molecule has 1 saturated heterocycles. The van der Waals surface area contributed by atoms with Crippen molar-refractivity contribution in [2.24, 2.45) is 5.41 Å². The van der Waals surface area contributed by atoms with Crippen LogP contribution >= 0.6 is 0 Å². The van der Waals surface area contributed by atoms with Gasteiger partial charge in [-0.05, 0) is 60.2 Å². The Hall–Kier alpha value is -3.05. The fourth-order valence-electron chi connectivity index (χ4n) is 4.18. The monoisotopic (exact) mass is 418 g/mol. The van der Waals surface area contributed by atoms with Crippen molar-refractivity contribution in [1.29, 1.82) is 0 Å². The van der Waals surface area contributed by atoms with E-state index < -0.39 is 5.41 Å². The van der Waals surface area contributed by atoms with Gasteiger partial charge in [-0.15, -0.1) is 0 Å². The molecule has 160 valence electrons. The topological polar surface area (TPSA) is 51.2 Å². The first-order chi connectivity index (χ1) is 15.1. The van der Waals surface area contributed by atoms with Crippen molar-refractivity contribution in [2.75, 3.05) is 19.8 Å². The largest absolute Gasteiger partial charge is 0.381 e. The highest BCUT2D eigenvalue weighted by molar-refractivity contribution is 5.83. The van der Waals surface area contributed by atoms with Gasteiger partial charge in [0.25, 0.3) is 0 Å². The molecule has 0 radical (unpaired) electrons. The van der Waals surface area contributed by atoms with Crippen LogP contribution in [-0.4, -0.2) is 30.6 Å². The molecule has 2 heterocycles. The average Bonchev–Trinajstić information content (AvgIpc) is 2.81. The molecule has 1 N–H and O–H groups in total. The normalized spacial score (nSPS) is 15.4. The van der Waals surface area contributed by atoms with Gasteiger partial charge in [0.05, 0.1) is 5.41 Å². The van der Waals surface area contributed by atoms with Gasteiger partial charge in [-0.2, -0.15) is 0 Å². The summed E-state index contributed by atoms with van der Waals surface area (Å²) in [6.07, 6.45) is 4.53. The van der Waals surface area contributed by atoms with Crippen molar-refractivity contribution in [3.8, 4) is 11.1 Å². The van der Waals surface area contributed by atoms with E-state index in [1.165, 1.54) is 12.1 Å². The number of hydrogen-bond donors (Lipinski definition) is 1. The van der Waals surface area contributed by atoms with Gasteiger partial charge in [-0.25, -0.2) is 4.39 Å². The molecule has 0 aliphatic carbocycles. The lowest BCUT2D eigenvalue weighted by Crippen LogP contribution is -2.46. The maximum Gasteiger partial charge on any atom is 0.226 e. The van der Waals surface area contributed by atoms with Gasteiger partial charge in [0.2, 0.25) is 5.91 Å². The number of nitrogens with one attached hydrogen (secondary N) is 1. The molecule has 0 spiro atoms. The van der Waals surface area contributed by atoms with Crippen LogP contribution < -0.4 is 5.32 Å². The second-order valence-electron chi connectivity index (χ2n) is 8.10. The Labute approximate surface area is 182 Å². The number of halogens is 1. The van der Waals surface area contributed by atoms with E-state index in [0.29, 0.717) is 45.4 Å². The molecule has 1 aromatic heterocycles. The number of carbonyl (C=O) groups excluding carboxylic acids is 1. The molecule has 4 nitrogen and oxygen atoms in total. The van der Waals surface area contributed by atoms with Crippen LogP contribution in [0.2, 0.25) is 0 Å². The van der Waals surface area contributed by atoms with E-state index in [0.717, 1.165) is 22.4 Å². The number of pyridine rings is 1. The third-order valence-corrected chi connectivity index (χ3v) is 5.97. The van der Waals surface area contributed by atoms with Crippen molar-refractivity contribution in [3.05, 3.63) is 90.0 Å². The van der Waals surface area contributed by atoms with Gasteiger partial charge in [-0.1, -0.05) is 42.5 Å². The molecule has 0 atom stereocenters. The highest BCUT2D eigenvalue weighted by Gasteiger charge is 2.39. The lowest BCUT2D eigenvalue weighted by molar-refractivity contribution is -0.136. The van der Waals surface area contributed by atoms with E-state index in [-0.39, 0.29) is 11.7 Å². The summed E-state index contributed by atoms with van der Waals surface area (Å²) in [5, 5.41) is 3.14. The lowest BCUT2D eigenvalue weighted by Gasteiger charge is -2.36. The summed E-state index contributed by atoms with van der Waals surface area (Å²) in [4.78, 5) is 17.6. The number of hydrogen-bond acceptors (Lipinski definition) is 3. The summed E-state index contributed by atoms with van der Waals surface area (Å²) in [5.41, 5.74) is 3.57. The molecule has 1 amide bonds. The fraction of sp³-hybridized carbons (Fsp3) is 0.308. The van der Waals surface area contributed by atoms with Crippen LogP contribution in [0.3, 0.4) is 0 Å². The number of amides is 1. The summed E-state index contributed by atoms with van der Waals surface area (Å²) in [6.45, 7) is 1.74. The van der Waals surface area contributed by atoms with E-state index >= 15 is 0 Å². The quantitative estimate of drug-likeness (QED) is 0.611. The number of ether oxygens (including phenoxy) is 1. The number of rotatable bonds is 7. The van der Waals surface area contributed by atoms with Crippen LogP contribution in [0.25, 0.3) is 11.1 Å². The van der Waals surface area contributed by atoms with Crippen molar-refractivity contribution < 1.29 is 13.9 Å². The van der Waals surface area contributed by atoms with E-state index in [9.17, 15) is 9.18 Å². The Morgan fingerprint density at radius 2 is 1.81 bits per heavy atom. The van der Waals surface area contributed by atoms with Crippen LogP contribution in [0.4, 0.5) is 4.39 Å². The minimum Gasteiger partial charge on any atom is -0.381 e. The number of benzene rings is 2. The molecule has 1 fully saturated rings. The first-order valence-corrected chi connectivity index (χ1v) is 10.8. The molecule has 1 aliphatic rings. The molecular formula is C26H27FN2O2. The Morgan fingerprint density at radius 3 is 2.55 bits per heavy atom. The second-order valence-corrected chi connectivity index (χ2v) is 8.10. The number of nitrogens with zero attached hydrogens (tertiary/aromatic N) is 1. The zero-order valence-corrected chi connectivity index (χ0v) is 17.5. The minimum atomic E-state index is -0.482. The molecule has 4 rings (SSSR count). The molecule has 31 heavy (non-hydrogen) atoms. The molecule has 2 aromatic carbocycles. The second kappa shape index (κ2) is 9.84. The first kappa shape index (κ1) is 21.2. The predicted octanol–water partition coefficient (Wildman–Crippen LogP) is 4.59. The van der Waals surface area contributed by atoms with Crippen LogP contribution in [-0.2, 0) is 22.4 Å². The summed E-state index contributed by atoms with van der Waals surface area (Å²) >= 11 is 0. The predicted molar refractivity (Wildman–Crippen MR) is 119 cm³/mol. The Kier molecular flexibility index (Phi) is 6.73. The highest BCUT2D eigenvalue weighted by atomic mass is 19.1. The van der Waals surface area contributed by atoms with Gasteiger partial charge < -0.3 is 10.1 Å². The first-order valence-electron chi connectivity index (χ1n) is 10.8. The molecule has 1 aliphatic heterocycles. The summed E-state index contributed by atoms with van der Waals surface area (Å²) < 4.78 is 18.8. The molecule has 5 heteroatoms. The third-order valence-electron chi connectivity index (χ3n) is 5.97. The lowest BCUT2D eigenvalue weighted by atomic mass is 9.74. The van der Waals surface area contributed by atoms with E-state index in [2.05, 4.69) is 22.4 Å². The maximum atomic E-state index is 13.3. The molecule has 0 bridgehead atoms. The van der Waals surface area contributed by atoms with Crippen LogP contribution in [0, 0.1) is 11.2 Å². The van der Waals surface area contributed by atoms with Crippen molar-refractivity contribution in [2.45, 2.75) is 25.7 Å². The van der Waals surface area contributed by atoms with E-state index in [1.807, 2.05) is 30.3 Å². The van der Waals surface area contributed by atoms with Gasteiger partial charge >= 0.3 is 0 Å². The average molecular weight is 419 g/mol. The van der Waals surface area contributed by atoms with E-state index in [1.54, 1.807) is 18.3 Å².